The van der Waals surface area contributed by atoms with Gasteiger partial charge in [-0.25, -0.2) is 0 Å². The maximum absolute atomic E-state index is 9.59. The van der Waals surface area contributed by atoms with Crippen LogP contribution in [0.25, 0.3) is 0 Å². The minimum Gasteiger partial charge on any atom is -0.347 e. The van der Waals surface area contributed by atoms with Gasteiger partial charge in [-0.2, -0.15) is 15.5 Å². The first-order chi connectivity index (χ1) is 11.0. The molecule has 3 heterocycles. The summed E-state index contributed by atoms with van der Waals surface area (Å²) < 4.78 is 1.93. The highest BCUT2D eigenvalue weighted by atomic mass is 15.3. The van der Waals surface area contributed by atoms with Gasteiger partial charge in [-0.3, -0.25) is 4.68 Å². The lowest BCUT2D eigenvalue weighted by atomic mass is 10.0. The predicted molar refractivity (Wildman–Crippen MR) is 88.2 cm³/mol. The monoisotopic (exact) mass is 310 g/mol. The van der Waals surface area contributed by atoms with Gasteiger partial charge in [0.05, 0.1) is 17.4 Å². The molecule has 1 aliphatic rings. The van der Waals surface area contributed by atoms with E-state index in [1.807, 2.05) is 25.6 Å². The summed E-state index contributed by atoms with van der Waals surface area (Å²) in [7, 11) is 1.97. The van der Waals surface area contributed by atoms with Gasteiger partial charge in [0.2, 0.25) is 0 Å². The molecule has 3 rings (SSSR count). The molecule has 0 aliphatic carbocycles. The minimum absolute atomic E-state index is 0.215. The van der Waals surface area contributed by atoms with Crippen LogP contribution < -0.4 is 4.90 Å². The fraction of sp³-hybridized carbons (Fsp3) is 0.529. The standard InChI is InChI=1S/C17H22N6/c1-10-11(2)19-20-17(14(10)9-18)23-8-6-7-15(23)16-12(3)21-22(5)13(16)4/h15H,6-8H2,1-5H3. The van der Waals surface area contributed by atoms with Crippen LogP contribution in [-0.2, 0) is 7.05 Å². The van der Waals surface area contributed by atoms with Gasteiger partial charge in [0, 0.05) is 24.8 Å². The summed E-state index contributed by atoms with van der Waals surface area (Å²) in [6.45, 7) is 8.88. The zero-order valence-electron chi connectivity index (χ0n) is 14.4. The number of nitriles is 1. The molecule has 6 heteroatoms. The second kappa shape index (κ2) is 5.65. The first kappa shape index (κ1) is 15.5. The summed E-state index contributed by atoms with van der Waals surface area (Å²) >= 11 is 0. The highest BCUT2D eigenvalue weighted by Gasteiger charge is 2.33. The van der Waals surface area contributed by atoms with Crippen LogP contribution in [-0.4, -0.2) is 26.5 Å². The van der Waals surface area contributed by atoms with E-state index in [4.69, 9.17) is 0 Å². The molecule has 2 aromatic rings. The average Bonchev–Trinajstić information content (AvgIpc) is 3.07. The predicted octanol–water partition coefficient (Wildman–Crippen LogP) is 2.66. The summed E-state index contributed by atoms with van der Waals surface area (Å²) in [4.78, 5) is 2.23. The Kier molecular flexibility index (Phi) is 3.80. The lowest BCUT2D eigenvalue weighted by molar-refractivity contribution is 0.687. The molecule has 1 saturated heterocycles. The molecule has 0 radical (unpaired) electrons. The van der Waals surface area contributed by atoms with Crippen molar-refractivity contribution < 1.29 is 0 Å². The molecule has 6 nitrogen and oxygen atoms in total. The highest BCUT2D eigenvalue weighted by Crippen LogP contribution is 2.39. The number of hydrogen-bond donors (Lipinski definition) is 0. The van der Waals surface area contributed by atoms with Gasteiger partial charge in [0.1, 0.15) is 11.6 Å². The van der Waals surface area contributed by atoms with Crippen LogP contribution in [0.3, 0.4) is 0 Å². The normalized spacial score (nSPS) is 17.6. The maximum Gasteiger partial charge on any atom is 0.170 e. The molecule has 2 aromatic heterocycles. The second-order valence-corrected chi connectivity index (χ2v) is 6.28. The van der Waals surface area contributed by atoms with Gasteiger partial charge in [0.15, 0.2) is 5.82 Å². The van der Waals surface area contributed by atoms with Crippen LogP contribution in [0.2, 0.25) is 0 Å². The smallest absolute Gasteiger partial charge is 0.170 e. The molecule has 1 aliphatic heterocycles. The SMILES string of the molecule is Cc1nnc(N2CCCC2c2c(C)nn(C)c2C)c(C#N)c1C. The van der Waals surface area contributed by atoms with E-state index >= 15 is 0 Å². The van der Waals surface area contributed by atoms with Crippen LogP contribution in [0.4, 0.5) is 5.82 Å². The van der Waals surface area contributed by atoms with Crippen molar-refractivity contribution in [2.45, 2.75) is 46.6 Å². The van der Waals surface area contributed by atoms with Gasteiger partial charge in [-0.05, 0) is 46.1 Å². The fourth-order valence-corrected chi connectivity index (χ4v) is 3.52. The lowest BCUT2D eigenvalue weighted by Gasteiger charge is -2.27. The number of rotatable bonds is 2. The van der Waals surface area contributed by atoms with E-state index in [0.29, 0.717) is 11.4 Å². The Morgan fingerprint density at radius 2 is 1.87 bits per heavy atom. The van der Waals surface area contributed by atoms with Crippen molar-refractivity contribution in [2.75, 3.05) is 11.4 Å². The van der Waals surface area contributed by atoms with E-state index in [0.717, 1.165) is 36.3 Å². The molecule has 1 fully saturated rings. The second-order valence-electron chi connectivity index (χ2n) is 6.28. The van der Waals surface area contributed by atoms with Crippen LogP contribution in [0.15, 0.2) is 0 Å². The molecular weight excluding hydrogens is 288 g/mol. The van der Waals surface area contributed by atoms with E-state index in [2.05, 4.69) is 40.1 Å². The van der Waals surface area contributed by atoms with Crippen molar-refractivity contribution in [3.8, 4) is 6.07 Å². The van der Waals surface area contributed by atoms with Crippen molar-refractivity contribution in [1.29, 1.82) is 5.26 Å². The molecule has 23 heavy (non-hydrogen) atoms. The van der Waals surface area contributed by atoms with E-state index in [9.17, 15) is 5.26 Å². The molecule has 1 atom stereocenters. The van der Waals surface area contributed by atoms with Gasteiger partial charge in [-0.15, -0.1) is 5.10 Å². The Labute approximate surface area is 136 Å². The van der Waals surface area contributed by atoms with Gasteiger partial charge in [0.25, 0.3) is 0 Å². The molecule has 0 N–H and O–H groups in total. The van der Waals surface area contributed by atoms with Crippen LogP contribution in [0.5, 0.6) is 0 Å². The highest BCUT2D eigenvalue weighted by molar-refractivity contribution is 5.59. The van der Waals surface area contributed by atoms with E-state index in [1.165, 1.54) is 11.3 Å². The molecule has 0 spiro atoms. The van der Waals surface area contributed by atoms with Crippen LogP contribution in [0.1, 0.15) is 52.7 Å². The Morgan fingerprint density at radius 1 is 1.13 bits per heavy atom. The molecule has 120 valence electrons. The number of aromatic nitrogens is 4. The largest absolute Gasteiger partial charge is 0.347 e. The average molecular weight is 310 g/mol. The third-order valence-electron chi connectivity index (χ3n) is 4.97. The fourth-order valence-electron chi connectivity index (χ4n) is 3.52. The molecular formula is C17H22N6. The number of anilines is 1. The van der Waals surface area contributed by atoms with Crippen molar-refractivity contribution in [3.63, 3.8) is 0 Å². The van der Waals surface area contributed by atoms with Crippen molar-refractivity contribution in [1.82, 2.24) is 20.0 Å². The topological polar surface area (TPSA) is 70.6 Å². The van der Waals surface area contributed by atoms with Crippen LogP contribution >= 0.6 is 0 Å². The maximum atomic E-state index is 9.59. The van der Waals surface area contributed by atoms with Gasteiger partial charge in [-0.1, -0.05) is 0 Å². The first-order valence-corrected chi connectivity index (χ1v) is 7.96. The number of hydrogen-bond acceptors (Lipinski definition) is 5. The third kappa shape index (κ3) is 2.37. The van der Waals surface area contributed by atoms with Crippen molar-refractivity contribution in [2.24, 2.45) is 7.05 Å². The summed E-state index contributed by atoms with van der Waals surface area (Å²) in [6, 6.07) is 2.54. The Balaban J connectivity index is 2.10. The van der Waals surface area contributed by atoms with Gasteiger partial charge < -0.3 is 4.90 Å². The van der Waals surface area contributed by atoms with Crippen LogP contribution in [0, 0.1) is 39.0 Å². The zero-order chi connectivity index (χ0) is 16.7. The van der Waals surface area contributed by atoms with Crippen molar-refractivity contribution >= 4 is 5.82 Å². The summed E-state index contributed by atoms with van der Waals surface area (Å²) in [5.74, 6) is 0.709. The van der Waals surface area contributed by atoms with E-state index in [1.54, 1.807) is 0 Å². The molecule has 0 aromatic carbocycles. The molecule has 0 amide bonds. The third-order valence-corrected chi connectivity index (χ3v) is 4.97. The Hall–Kier alpha value is -2.42. The summed E-state index contributed by atoms with van der Waals surface area (Å²) in [5.41, 5.74) is 5.86. The van der Waals surface area contributed by atoms with E-state index in [-0.39, 0.29) is 6.04 Å². The number of aryl methyl sites for hydroxylation is 3. The first-order valence-electron chi connectivity index (χ1n) is 7.96. The Bertz CT molecular complexity index is 798. The molecule has 0 saturated carbocycles. The van der Waals surface area contributed by atoms with E-state index < -0.39 is 0 Å². The Morgan fingerprint density at radius 3 is 2.48 bits per heavy atom. The lowest BCUT2D eigenvalue weighted by Crippen LogP contribution is -2.26. The van der Waals surface area contributed by atoms with Crippen molar-refractivity contribution in [3.05, 3.63) is 33.8 Å². The number of nitrogens with zero attached hydrogens (tertiary/aromatic N) is 6. The minimum atomic E-state index is 0.215. The summed E-state index contributed by atoms with van der Waals surface area (Å²) in [6.07, 6.45) is 2.13. The van der Waals surface area contributed by atoms with Gasteiger partial charge >= 0.3 is 0 Å². The quantitative estimate of drug-likeness (QED) is 0.853. The molecule has 0 bridgehead atoms. The zero-order valence-corrected chi connectivity index (χ0v) is 14.4. The summed E-state index contributed by atoms with van der Waals surface area (Å²) in [5, 5.41) is 22.7. The molecule has 1 unspecified atom stereocenters.